The fourth-order valence-electron chi connectivity index (χ4n) is 2.02. The SMILES string of the molecule is Cc1ccc(C)c(C2CNCCCO2)c1. The van der Waals surface area contributed by atoms with Gasteiger partial charge in [-0.15, -0.1) is 0 Å². The highest BCUT2D eigenvalue weighted by Gasteiger charge is 2.16. The van der Waals surface area contributed by atoms with E-state index >= 15 is 0 Å². The van der Waals surface area contributed by atoms with Crippen LogP contribution in [0.5, 0.6) is 0 Å². The second-order valence-electron chi connectivity index (χ2n) is 4.28. The van der Waals surface area contributed by atoms with Crippen LogP contribution in [0.15, 0.2) is 18.2 Å². The molecule has 0 radical (unpaired) electrons. The summed E-state index contributed by atoms with van der Waals surface area (Å²) in [6, 6.07) is 6.58. The number of aryl methyl sites for hydroxylation is 2. The van der Waals surface area contributed by atoms with Crippen molar-refractivity contribution in [2.75, 3.05) is 19.7 Å². The summed E-state index contributed by atoms with van der Waals surface area (Å²) in [6.45, 7) is 7.16. The van der Waals surface area contributed by atoms with Gasteiger partial charge in [-0.05, 0) is 37.9 Å². The molecular formula is C13H19NO. The normalized spacial score (nSPS) is 22.4. The standard InChI is InChI=1S/C13H19NO/c1-10-4-5-11(2)12(8-10)13-9-14-6-3-7-15-13/h4-5,8,13-14H,3,6-7,9H2,1-2H3. The maximum atomic E-state index is 5.86. The number of nitrogens with one attached hydrogen (secondary N) is 1. The summed E-state index contributed by atoms with van der Waals surface area (Å²) in [4.78, 5) is 0. The van der Waals surface area contributed by atoms with Crippen LogP contribution in [0.25, 0.3) is 0 Å². The fraction of sp³-hybridized carbons (Fsp3) is 0.538. The summed E-state index contributed by atoms with van der Waals surface area (Å²) in [5.41, 5.74) is 3.97. The zero-order valence-electron chi connectivity index (χ0n) is 9.55. The number of hydrogen-bond acceptors (Lipinski definition) is 2. The predicted molar refractivity (Wildman–Crippen MR) is 62.1 cm³/mol. The third-order valence-electron chi connectivity index (χ3n) is 2.93. The Morgan fingerprint density at radius 1 is 1.33 bits per heavy atom. The van der Waals surface area contributed by atoms with E-state index in [4.69, 9.17) is 4.74 Å². The minimum absolute atomic E-state index is 0.229. The van der Waals surface area contributed by atoms with Crippen LogP contribution in [-0.4, -0.2) is 19.7 Å². The molecular weight excluding hydrogens is 186 g/mol. The second kappa shape index (κ2) is 4.77. The molecule has 0 amide bonds. The minimum Gasteiger partial charge on any atom is -0.372 e. The van der Waals surface area contributed by atoms with E-state index in [-0.39, 0.29) is 6.10 Å². The smallest absolute Gasteiger partial charge is 0.0951 e. The fourth-order valence-corrected chi connectivity index (χ4v) is 2.02. The molecule has 1 fully saturated rings. The molecule has 1 N–H and O–H groups in total. The van der Waals surface area contributed by atoms with Crippen LogP contribution in [0.4, 0.5) is 0 Å². The lowest BCUT2D eigenvalue weighted by molar-refractivity contribution is 0.0664. The summed E-state index contributed by atoms with van der Waals surface area (Å²) >= 11 is 0. The lowest BCUT2D eigenvalue weighted by Crippen LogP contribution is -2.20. The molecule has 1 aliphatic heterocycles. The molecule has 2 rings (SSSR count). The Labute approximate surface area is 91.6 Å². The predicted octanol–water partition coefficient (Wildman–Crippen LogP) is 2.35. The van der Waals surface area contributed by atoms with Gasteiger partial charge < -0.3 is 10.1 Å². The molecule has 15 heavy (non-hydrogen) atoms. The number of benzene rings is 1. The number of ether oxygens (including phenoxy) is 1. The van der Waals surface area contributed by atoms with Gasteiger partial charge in [0.1, 0.15) is 0 Å². The molecule has 1 atom stereocenters. The lowest BCUT2D eigenvalue weighted by atomic mass is 10.0. The first-order valence-corrected chi connectivity index (χ1v) is 5.67. The van der Waals surface area contributed by atoms with Gasteiger partial charge in [0.2, 0.25) is 0 Å². The molecule has 2 heteroatoms. The van der Waals surface area contributed by atoms with Crippen LogP contribution < -0.4 is 5.32 Å². The summed E-state index contributed by atoms with van der Waals surface area (Å²) in [7, 11) is 0. The molecule has 82 valence electrons. The van der Waals surface area contributed by atoms with Gasteiger partial charge in [-0.2, -0.15) is 0 Å². The molecule has 2 nitrogen and oxygen atoms in total. The van der Waals surface area contributed by atoms with Gasteiger partial charge in [0, 0.05) is 13.2 Å². The second-order valence-corrected chi connectivity index (χ2v) is 4.28. The quantitative estimate of drug-likeness (QED) is 0.760. The van der Waals surface area contributed by atoms with E-state index in [0.717, 1.165) is 26.1 Å². The van der Waals surface area contributed by atoms with Crippen LogP contribution in [0.1, 0.15) is 29.2 Å². The Balaban J connectivity index is 2.22. The maximum absolute atomic E-state index is 5.86. The number of hydrogen-bond donors (Lipinski definition) is 1. The van der Waals surface area contributed by atoms with Gasteiger partial charge in [0.25, 0.3) is 0 Å². The van der Waals surface area contributed by atoms with E-state index in [1.807, 2.05) is 0 Å². The van der Waals surface area contributed by atoms with Crippen molar-refractivity contribution in [2.24, 2.45) is 0 Å². The summed E-state index contributed by atoms with van der Waals surface area (Å²) in [5.74, 6) is 0. The molecule has 0 spiro atoms. The van der Waals surface area contributed by atoms with Gasteiger partial charge in [0.15, 0.2) is 0 Å². The van der Waals surface area contributed by atoms with Crippen LogP contribution in [0.3, 0.4) is 0 Å². The van der Waals surface area contributed by atoms with Gasteiger partial charge in [-0.25, -0.2) is 0 Å². The first-order valence-electron chi connectivity index (χ1n) is 5.67. The zero-order valence-corrected chi connectivity index (χ0v) is 9.55. The molecule has 1 unspecified atom stereocenters. The van der Waals surface area contributed by atoms with E-state index in [9.17, 15) is 0 Å². The van der Waals surface area contributed by atoms with E-state index in [1.165, 1.54) is 16.7 Å². The van der Waals surface area contributed by atoms with Crippen molar-refractivity contribution in [3.8, 4) is 0 Å². The molecule has 0 aromatic heterocycles. The average Bonchev–Trinajstić information content (AvgIpc) is 2.50. The topological polar surface area (TPSA) is 21.3 Å². The van der Waals surface area contributed by atoms with E-state index in [1.54, 1.807) is 0 Å². The maximum Gasteiger partial charge on any atom is 0.0951 e. The third-order valence-corrected chi connectivity index (χ3v) is 2.93. The molecule has 0 aliphatic carbocycles. The summed E-state index contributed by atoms with van der Waals surface area (Å²) in [5, 5.41) is 3.42. The van der Waals surface area contributed by atoms with Crippen LogP contribution in [0, 0.1) is 13.8 Å². The molecule has 1 aromatic carbocycles. The zero-order chi connectivity index (χ0) is 10.7. The van der Waals surface area contributed by atoms with Crippen LogP contribution in [-0.2, 0) is 4.74 Å². The Bertz CT molecular complexity index is 327. The molecule has 1 saturated heterocycles. The van der Waals surface area contributed by atoms with E-state index in [0.29, 0.717) is 0 Å². The largest absolute Gasteiger partial charge is 0.372 e. The Kier molecular flexibility index (Phi) is 3.39. The molecule has 0 bridgehead atoms. The van der Waals surface area contributed by atoms with Crippen molar-refractivity contribution < 1.29 is 4.74 Å². The van der Waals surface area contributed by atoms with Crippen molar-refractivity contribution >= 4 is 0 Å². The van der Waals surface area contributed by atoms with E-state index in [2.05, 4.69) is 37.4 Å². The third kappa shape index (κ3) is 2.58. The van der Waals surface area contributed by atoms with Crippen molar-refractivity contribution in [2.45, 2.75) is 26.4 Å². The monoisotopic (exact) mass is 205 g/mol. The average molecular weight is 205 g/mol. The van der Waals surface area contributed by atoms with Crippen LogP contribution >= 0.6 is 0 Å². The van der Waals surface area contributed by atoms with Crippen molar-refractivity contribution in [1.82, 2.24) is 5.32 Å². The number of rotatable bonds is 1. The Hall–Kier alpha value is -0.860. The lowest BCUT2D eigenvalue weighted by Gasteiger charge is -2.18. The van der Waals surface area contributed by atoms with Crippen molar-refractivity contribution in [1.29, 1.82) is 0 Å². The summed E-state index contributed by atoms with van der Waals surface area (Å²) in [6.07, 6.45) is 1.34. The van der Waals surface area contributed by atoms with E-state index < -0.39 is 0 Å². The van der Waals surface area contributed by atoms with Gasteiger partial charge in [-0.1, -0.05) is 23.8 Å². The van der Waals surface area contributed by atoms with Crippen molar-refractivity contribution in [3.63, 3.8) is 0 Å². The highest BCUT2D eigenvalue weighted by molar-refractivity contribution is 5.32. The highest BCUT2D eigenvalue weighted by Crippen LogP contribution is 2.23. The summed E-state index contributed by atoms with van der Waals surface area (Å²) < 4.78 is 5.86. The molecule has 1 heterocycles. The Morgan fingerprint density at radius 3 is 3.07 bits per heavy atom. The van der Waals surface area contributed by atoms with Gasteiger partial charge in [-0.3, -0.25) is 0 Å². The minimum atomic E-state index is 0.229. The van der Waals surface area contributed by atoms with Gasteiger partial charge in [0.05, 0.1) is 6.10 Å². The van der Waals surface area contributed by atoms with Crippen molar-refractivity contribution in [3.05, 3.63) is 34.9 Å². The highest BCUT2D eigenvalue weighted by atomic mass is 16.5. The first-order chi connectivity index (χ1) is 7.27. The molecule has 1 aromatic rings. The van der Waals surface area contributed by atoms with Crippen LogP contribution in [0.2, 0.25) is 0 Å². The molecule has 0 saturated carbocycles. The Morgan fingerprint density at radius 2 is 2.20 bits per heavy atom. The van der Waals surface area contributed by atoms with Gasteiger partial charge >= 0.3 is 0 Å². The molecule has 1 aliphatic rings. The first kappa shape index (κ1) is 10.7.